The van der Waals surface area contributed by atoms with Crippen molar-refractivity contribution in [2.45, 2.75) is 18.4 Å². The van der Waals surface area contributed by atoms with Gasteiger partial charge in [-0.15, -0.1) is 0 Å². The van der Waals surface area contributed by atoms with E-state index in [0.717, 1.165) is 10.9 Å². The van der Waals surface area contributed by atoms with Gasteiger partial charge in [0.15, 0.2) is 0 Å². The molecule has 1 aliphatic rings. The average Bonchev–Trinajstić information content (AvgIpc) is 2.45. The quantitative estimate of drug-likeness (QED) is 0.850. The summed E-state index contributed by atoms with van der Waals surface area (Å²) in [6, 6.07) is 7.65. The molecule has 106 valence electrons. The van der Waals surface area contributed by atoms with E-state index in [2.05, 4.69) is 15.3 Å². The van der Waals surface area contributed by atoms with E-state index in [1.165, 1.54) is 0 Å². The predicted octanol–water partition coefficient (Wildman–Crippen LogP) is 2.24. The van der Waals surface area contributed by atoms with Crippen LogP contribution >= 0.6 is 11.6 Å². The average molecular weight is 294 g/mol. The maximum Gasteiger partial charge on any atom is 0.224 e. The molecule has 20 heavy (non-hydrogen) atoms. The maximum absolute atomic E-state index is 10.5. The van der Waals surface area contributed by atoms with Crippen molar-refractivity contribution in [2.75, 3.05) is 25.1 Å². The van der Waals surface area contributed by atoms with Crippen LogP contribution in [0, 0.1) is 0 Å². The van der Waals surface area contributed by atoms with E-state index in [1.54, 1.807) is 0 Å². The van der Waals surface area contributed by atoms with Gasteiger partial charge in [0.25, 0.3) is 0 Å². The van der Waals surface area contributed by atoms with Gasteiger partial charge in [-0.25, -0.2) is 9.97 Å². The molecule has 1 saturated heterocycles. The first-order valence-corrected chi connectivity index (χ1v) is 7.00. The van der Waals surface area contributed by atoms with Crippen molar-refractivity contribution in [3.8, 4) is 0 Å². The van der Waals surface area contributed by atoms with Gasteiger partial charge in [-0.1, -0.05) is 12.1 Å². The molecule has 6 heteroatoms. The predicted molar refractivity (Wildman–Crippen MR) is 78.0 cm³/mol. The molecule has 1 aromatic carbocycles. The molecular formula is C14H16ClN3O2. The minimum atomic E-state index is -0.753. The fraction of sp³-hybridized carbons (Fsp3) is 0.429. The van der Waals surface area contributed by atoms with Gasteiger partial charge in [-0.3, -0.25) is 0 Å². The second kappa shape index (κ2) is 5.52. The highest BCUT2D eigenvalue weighted by atomic mass is 35.5. The largest absolute Gasteiger partial charge is 0.388 e. The number of anilines is 1. The van der Waals surface area contributed by atoms with E-state index in [9.17, 15) is 5.11 Å². The summed E-state index contributed by atoms with van der Waals surface area (Å²) < 4.78 is 5.27. The number of hydrogen-bond acceptors (Lipinski definition) is 5. The Morgan fingerprint density at radius 2 is 2.00 bits per heavy atom. The summed E-state index contributed by atoms with van der Waals surface area (Å²) in [7, 11) is 0. The van der Waals surface area contributed by atoms with Gasteiger partial charge in [0, 0.05) is 38.0 Å². The summed E-state index contributed by atoms with van der Waals surface area (Å²) in [5, 5.41) is 14.7. The van der Waals surface area contributed by atoms with Crippen LogP contribution in [0.1, 0.15) is 12.8 Å². The van der Waals surface area contributed by atoms with Crippen LogP contribution in [-0.4, -0.2) is 40.4 Å². The molecule has 1 aliphatic heterocycles. The van der Waals surface area contributed by atoms with Gasteiger partial charge in [-0.05, 0) is 23.7 Å². The lowest BCUT2D eigenvalue weighted by Crippen LogP contribution is -2.42. The topological polar surface area (TPSA) is 67.3 Å². The number of fused-ring (bicyclic) bond motifs is 1. The third-order valence-electron chi connectivity index (χ3n) is 3.58. The Morgan fingerprint density at radius 1 is 1.25 bits per heavy atom. The fourth-order valence-electron chi connectivity index (χ4n) is 2.36. The van der Waals surface area contributed by atoms with Gasteiger partial charge in [0.2, 0.25) is 5.28 Å². The first kappa shape index (κ1) is 13.5. The fourth-order valence-corrected chi connectivity index (χ4v) is 2.53. The van der Waals surface area contributed by atoms with E-state index >= 15 is 0 Å². The molecule has 2 heterocycles. The zero-order chi connectivity index (χ0) is 14.0. The molecule has 0 saturated carbocycles. The molecule has 0 atom stereocenters. The van der Waals surface area contributed by atoms with Crippen molar-refractivity contribution < 1.29 is 9.84 Å². The van der Waals surface area contributed by atoms with Crippen molar-refractivity contribution >= 4 is 28.3 Å². The number of hydrogen-bond donors (Lipinski definition) is 2. The molecule has 1 aromatic heterocycles. The number of para-hydroxylation sites is 1. The normalized spacial score (nSPS) is 18.1. The molecule has 0 radical (unpaired) electrons. The number of rotatable bonds is 3. The monoisotopic (exact) mass is 293 g/mol. The van der Waals surface area contributed by atoms with Crippen LogP contribution < -0.4 is 5.32 Å². The number of nitrogens with one attached hydrogen (secondary N) is 1. The zero-order valence-electron chi connectivity index (χ0n) is 11.0. The van der Waals surface area contributed by atoms with Gasteiger partial charge < -0.3 is 15.2 Å². The molecule has 5 nitrogen and oxygen atoms in total. The molecule has 0 bridgehead atoms. The van der Waals surface area contributed by atoms with E-state index in [4.69, 9.17) is 16.3 Å². The summed E-state index contributed by atoms with van der Waals surface area (Å²) in [6.07, 6.45) is 1.24. The van der Waals surface area contributed by atoms with Crippen LogP contribution in [0.25, 0.3) is 10.9 Å². The molecule has 0 amide bonds. The standard InChI is InChI=1S/C14H16ClN3O2/c15-13-17-11-4-2-1-3-10(11)12(18-13)16-9-14(19)5-7-20-8-6-14/h1-4,19H,5-9H2,(H,16,17,18). The molecule has 0 unspecified atom stereocenters. The van der Waals surface area contributed by atoms with Crippen LogP contribution in [0.15, 0.2) is 24.3 Å². The highest BCUT2D eigenvalue weighted by Crippen LogP contribution is 2.25. The van der Waals surface area contributed by atoms with Crippen LogP contribution in [0.2, 0.25) is 5.28 Å². The lowest BCUT2D eigenvalue weighted by molar-refractivity contribution is -0.0543. The number of ether oxygens (including phenoxy) is 1. The summed E-state index contributed by atoms with van der Waals surface area (Å²) >= 11 is 5.94. The lowest BCUT2D eigenvalue weighted by atomic mass is 9.94. The molecule has 0 aliphatic carbocycles. The van der Waals surface area contributed by atoms with E-state index in [0.29, 0.717) is 38.4 Å². The molecular weight excluding hydrogens is 278 g/mol. The second-order valence-electron chi connectivity index (χ2n) is 5.05. The minimum absolute atomic E-state index is 0.199. The van der Waals surface area contributed by atoms with Crippen LogP contribution in [0.4, 0.5) is 5.82 Å². The minimum Gasteiger partial charge on any atom is -0.388 e. The summed E-state index contributed by atoms with van der Waals surface area (Å²) in [4.78, 5) is 8.40. The van der Waals surface area contributed by atoms with Crippen LogP contribution in [0.3, 0.4) is 0 Å². The molecule has 3 rings (SSSR count). The Morgan fingerprint density at radius 3 is 2.80 bits per heavy atom. The highest BCUT2D eigenvalue weighted by Gasteiger charge is 2.29. The summed E-state index contributed by atoms with van der Waals surface area (Å²) in [6.45, 7) is 1.60. The van der Waals surface area contributed by atoms with Gasteiger partial charge in [0.1, 0.15) is 5.82 Å². The third-order valence-corrected chi connectivity index (χ3v) is 3.75. The number of aliphatic hydroxyl groups is 1. The Kier molecular flexibility index (Phi) is 3.74. The Labute approximate surface area is 121 Å². The second-order valence-corrected chi connectivity index (χ2v) is 5.39. The number of aromatic nitrogens is 2. The van der Waals surface area contributed by atoms with Gasteiger partial charge in [0.05, 0.1) is 11.1 Å². The van der Waals surface area contributed by atoms with Crippen molar-refractivity contribution in [3.05, 3.63) is 29.5 Å². The zero-order valence-corrected chi connectivity index (χ0v) is 11.7. The summed E-state index contributed by atoms with van der Waals surface area (Å²) in [5.41, 5.74) is 0.0329. The number of nitrogens with zero attached hydrogens (tertiary/aromatic N) is 2. The number of benzene rings is 1. The smallest absolute Gasteiger partial charge is 0.224 e. The van der Waals surface area contributed by atoms with Crippen molar-refractivity contribution in [2.24, 2.45) is 0 Å². The first-order chi connectivity index (χ1) is 9.66. The number of halogens is 1. The van der Waals surface area contributed by atoms with Crippen LogP contribution in [0.5, 0.6) is 0 Å². The van der Waals surface area contributed by atoms with Crippen molar-refractivity contribution in [3.63, 3.8) is 0 Å². The van der Waals surface area contributed by atoms with Gasteiger partial charge >= 0.3 is 0 Å². The maximum atomic E-state index is 10.5. The molecule has 2 aromatic rings. The van der Waals surface area contributed by atoms with E-state index in [1.807, 2.05) is 24.3 Å². The van der Waals surface area contributed by atoms with Crippen molar-refractivity contribution in [1.29, 1.82) is 0 Å². The Balaban J connectivity index is 1.83. The SMILES string of the molecule is OC1(CNc2nc(Cl)nc3ccccc23)CCOCC1. The van der Waals surface area contributed by atoms with Gasteiger partial charge in [-0.2, -0.15) is 0 Å². The molecule has 2 N–H and O–H groups in total. The molecule has 0 spiro atoms. The summed E-state index contributed by atoms with van der Waals surface area (Å²) in [5.74, 6) is 0.653. The highest BCUT2D eigenvalue weighted by molar-refractivity contribution is 6.28. The van der Waals surface area contributed by atoms with Crippen molar-refractivity contribution in [1.82, 2.24) is 9.97 Å². The Bertz CT molecular complexity index is 614. The Hall–Kier alpha value is -1.43. The third kappa shape index (κ3) is 2.85. The van der Waals surface area contributed by atoms with Crippen LogP contribution in [-0.2, 0) is 4.74 Å². The van der Waals surface area contributed by atoms with E-state index in [-0.39, 0.29) is 5.28 Å². The van der Waals surface area contributed by atoms with E-state index < -0.39 is 5.60 Å². The lowest BCUT2D eigenvalue weighted by Gasteiger charge is -2.32. The molecule has 1 fully saturated rings. The first-order valence-electron chi connectivity index (χ1n) is 6.63.